The summed E-state index contributed by atoms with van der Waals surface area (Å²) < 4.78 is 7.66. The van der Waals surface area contributed by atoms with E-state index in [0.717, 1.165) is 12.8 Å². The number of unbranched alkanes of at least 4 members (excludes halogenated alkanes) is 11. The molecule has 0 amide bonds. The van der Waals surface area contributed by atoms with Crippen molar-refractivity contribution in [3.63, 3.8) is 0 Å². The number of rotatable bonds is 16. The molecule has 0 bridgehead atoms. The Morgan fingerprint density at radius 1 is 0.875 bits per heavy atom. The second-order valence-corrected chi connectivity index (χ2v) is 6.81. The molecule has 138 valence electrons. The number of carbonyl (C=O) groups is 1. The monoisotopic (exact) mass is 446 g/mol. The number of allylic oxidation sites excluding steroid dienone is 2. The molecule has 0 aliphatic carbocycles. The Hall–Kier alpha value is -0.500. The van der Waals surface area contributed by atoms with Gasteiger partial charge in [-0.05, 0) is 36.0 Å². The number of ether oxygens (including phenoxy) is 1. The fraction of sp³-hybridized carbons (Fsp3) is 0.762. The van der Waals surface area contributed by atoms with Crippen molar-refractivity contribution in [3.05, 3.63) is 12.2 Å². The fourth-order valence-electron chi connectivity index (χ4n) is 2.56. The van der Waals surface area contributed by atoms with Gasteiger partial charge in [-0.1, -0.05) is 76.4 Å². The highest BCUT2D eigenvalue weighted by Crippen LogP contribution is 2.10. The molecule has 0 aromatic heterocycles. The molecule has 0 rings (SSSR count). The number of hydrogen-bond donors (Lipinski definition) is 0. The predicted molar refractivity (Wildman–Crippen MR) is 112 cm³/mol. The van der Waals surface area contributed by atoms with Crippen LogP contribution in [0.15, 0.2) is 12.2 Å². The summed E-state index contributed by atoms with van der Waals surface area (Å²) in [4.78, 5) is 11.4. The minimum absolute atomic E-state index is 0.119. The lowest BCUT2D eigenvalue weighted by molar-refractivity contribution is -0.142. The zero-order chi connectivity index (χ0) is 17.7. The van der Waals surface area contributed by atoms with E-state index in [1.165, 1.54) is 70.6 Å². The van der Waals surface area contributed by atoms with Crippen LogP contribution in [0, 0.1) is 9.85 Å². The Bertz CT molecular complexity index is 366. The van der Waals surface area contributed by atoms with Crippen molar-refractivity contribution >= 4 is 28.6 Å². The molecule has 0 aliphatic heterocycles. The van der Waals surface area contributed by atoms with Crippen LogP contribution in [0.5, 0.6) is 0 Å². The molecule has 0 saturated heterocycles. The highest BCUT2D eigenvalue weighted by Gasteiger charge is 2.00. The Balaban J connectivity index is 3.20. The van der Waals surface area contributed by atoms with E-state index in [1.807, 2.05) is 22.6 Å². The smallest absolute Gasteiger partial charge is 0.306 e. The summed E-state index contributed by atoms with van der Waals surface area (Å²) in [6, 6.07) is 0. The van der Waals surface area contributed by atoms with E-state index in [1.54, 1.807) is 0 Å². The van der Waals surface area contributed by atoms with Crippen molar-refractivity contribution in [1.29, 1.82) is 0 Å². The first-order valence-electron chi connectivity index (χ1n) is 9.70. The summed E-state index contributed by atoms with van der Waals surface area (Å²) in [6.45, 7) is 2.49. The molecule has 0 aromatic rings. The van der Waals surface area contributed by atoms with Crippen LogP contribution in [0.25, 0.3) is 0 Å². The number of carbonyl (C=O) groups excluding carboxylic acids is 1. The Morgan fingerprint density at radius 2 is 1.42 bits per heavy atom. The van der Waals surface area contributed by atoms with Gasteiger partial charge in [0.15, 0.2) is 6.61 Å². The van der Waals surface area contributed by atoms with Crippen LogP contribution in [0.4, 0.5) is 0 Å². The summed E-state index contributed by atoms with van der Waals surface area (Å²) in [5.41, 5.74) is 0. The van der Waals surface area contributed by atoms with E-state index in [9.17, 15) is 4.79 Å². The molecule has 0 aliphatic rings. The molecule has 0 N–H and O–H groups in total. The van der Waals surface area contributed by atoms with Gasteiger partial charge in [0.05, 0.1) is 0 Å². The highest BCUT2D eigenvalue weighted by atomic mass is 127. The summed E-state index contributed by atoms with van der Waals surface area (Å²) in [5, 5.41) is 0. The molecule has 0 aromatic carbocycles. The fourth-order valence-corrected chi connectivity index (χ4v) is 2.71. The van der Waals surface area contributed by atoms with E-state index in [2.05, 4.69) is 28.9 Å². The third-order valence-electron chi connectivity index (χ3n) is 4.01. The molecular formula is C21H35IO2. The standard InChI is InChI=1S/C21H35IO2/c1-2-3-4-5-6-7-8-9-10-11-12-13-14-15-16-18-21(23)24-20-17-19-22/h9-10H,2-8,11-16,18,20H2,1H3. The van der Waals surface area contributed by atoms with E-state index in [-0.39, 0.29) is 12.6 Å². The molecular weight excluding hydrogens is 411 g/mol. The minimum Gasteiger partial charge on any atom is -0.452 e. The normalized spacial score (nSPS) is 10.6. The van der Waals surface area contributed by atoms with Gasteiger partial charge in [-0.2, -0.15) is 0 Å². The molecule has 0 heterocycles. The van der Waals surface area contributed by atoms with Gasteiger partial charge < -0.3 is 4.74 Å². The van der Waals surface area contributed by atoms with Gasteiger partial charge >= 0.3 is 5.97 Å². The van der Waals surface area contributed by atoms with Crippen LogP contribution in [0.3, 0.4) is 0 Å². The molecule has 0 atom stereocenters. The van der Waals surface area contributed by atoms with E-state index >= 15 is 0 Å². The van der Waals surface area contributed by atoms with Gasteiger partial charge in [0, 0.05) is 29.0 Å². The summed E-state index contributed by atoms with van der Waals surface area (Å²) in [6.07, 6.45) is 21.7. The molecule has 24 heavy (non-hydrogen) atoms. The lowest BCUT2D eigenvalue weighted by Gasteiger charge is -2.01. The van der Waals surface area contributed by atoms with Crippen LogP contribution in [0.2, 0.25) is 0 Å². The van der Waals surface area contributed by atoms with E-state index in [0.29, 0.717) is 6.42 Å². The maximum atomic E-state index is 11.4. The van der Waals surface area contributed by atoms with Crippen molar-refractivity contribution < 1.29 is 9.53 Å². The van der Waals surface area contributed by atoms with Gasteiger partial charge in [-0.3, -0.25) is 4.79 Å². The second kappa shape index (κ2) is 20.5. The Kier molecular flexibility index (Phi) is 20.1. The average Bonchev–Trinajstić information content (AvgIpc) is 2.58. The van der Waals surface area contributed by atoms with Gasteiger partial charge in [-0.25, -0.2) is 0 Å². The zero-order valence-corrected chi connectivity index (χ0v) is 17.6. The third kappa shape index (κ3) is 19.5. The van der Waals surface area contributed by atoms with Crippen molar-refractivity contribution in [2.75, 3.05) is 6.61 Å². The summed E-state index contributed by atoms with van der Waals surface area (Å²) >= 11 is 1.94. The number of halogens is 1. The minimum atomic E-state index is -0.119. The molecule has 0 saturated carbocycles. The maximum Gasteiger partial charge on any atom is 0.306 e. The topological polar surface area (TPSA) is 26.3 Å². The number of hydrogen-bond acceptors (Lipinski definition) is 2. The van der Waals surface area contributed by atoms with Crippen molar-refractivity contribution in [3.8, 4) is 9.85 Å². The Morgan fingerprint density at radius 3 is 2.00 bits per heavy atom. The molecule has 0 unspecified atom stereocenters. The van der Waals surface area contributed by atoms with Gasteiger partial charge in [-0.15, -0.1) is 0 Å². The van der Waals surface area contributed by atoms with Crippen molar-refractivity contribution in [2.45, 2.75) is 96.8 Å². The SMILES string of the molecule is CCCCCCCCC=CCCCCCCCC(=O)OCC#CI. The van der Waals surface area contributed by atoms with Crippen molar-refractivity contribution in [2.24, 2.45) is 0 Å². The van der Waals surface area contributed by atoms with Crippen LogP contribution in [-0.2, 0) is 9.53 Å². The highest BCUT2D eigenvalue weighted by molar-refractivity contribution is 14.1. The third-order valence-corrected chi connectivity index (χ3v) is 4.40. The van der Waals surface area contributed by atoms with Crippen LogP contribution in [0.1, 0.15) is 96.8 Å². The Labute approximate surface area is 163 Å². The lowest BCUT2D eigenvalue weighted by atomic mass is 10.1. The maximum absolute atomic E-state index is 11.4. The van der Waals surface area contributed by atoms with Crippen molar-refractivity contribution in [1.82, 2.24) is 0 Å². The first kappa shape index (κ1) is 23.5. The van der Waals surface area contributed by atoms with Gasteiger partial charge in [0.1, 0.15) is 0 Å². The average molecular weight is 446 g/mol. The quantitative estimate of drug-likeness (QED) is 0.0842. The van der Waals surface area contributed by atoms with E-state index in [4.69, 9.17) is 4.74 Å². The zero-order valence-electron chi connectivity index (χ0n) is 15.5. The first-order valence-corrected chi connectivity index (χ1v) is 10.8. The largest absolute Gasteiger partial charge is 0.452 e. The predicted octanol–water partition coefficient (Wildman–Crippen LogP) is 6.96. The van der Waals surface area contributed by atoms with Crippen LogP contribution in [-0.4, -0.2) is 12.6 Å². The van der Waals surface area contributed by atoms with Crippen LogP contribution < -0.4 is 0 Å². The van der Waals surface area contributed by atoms with Gasteiger partial charge in [0.2, 0.25) is 0 Å². The molecule has 2 nitrogen and oxygen atoms in total. The van der Waals surface area contributed by atoms with Gasteiger partial charge in [0.25, 0.3) is 0 Å². The summed E-state index contributed by atoms with van der Waals surface area (Å²) in [5.74, 6) is 2.60. The second-order valence-electron chi connectivity index (χ2n) is 6.27. The van der Waals surface area contributed by atoms with Crippen LogP contribution >= 0.6 is 22.6 Å². The van der Waals surface area contributed by atoms with E-state index < -0.39 is 0 Å². The molecule has 0 spiro atoms. The summed E-state index contributed by atoms with van der Waals surface area (Å²) in [7, 11) is 0. The number of esters is 1. The molecule has 0 fully saturated rings. The lowest BCUT2D eigenvalue weighted by Crippen LogP contribution is -2.04. The molecule has 0 radical (unpaired) electrons. The molecule has 3 heteroatoms. The first-order chi connectivity index (χ1) is 11.8.